The van der Waals surface area contributed by atoms with Crippen molar-refractivity contribution < 1.29 is 0 Å². The molecule has 0 aliphatic heterocycles. The van der Waals surface area contributed by atoms with Crippen LogP contribution in [0.4, 0.5) is 0 Å². The average molecular weight is 300 g/mol. The molecule has 0 amide bonds. The van der Waals surface area contributed by atoms with Crippen molar-refractivity contribution in [3.63, 3.8) is 0 Å². The number of benzene rings is 2. The molecular weight excluding hydrogens is 290 g/mol. The number of fused-ring (bicyclic) bond motifs is 1. The maximum absolute atomic E-state index is 9.01. The molecule has 0 spiro atoms. The lowest BCUT2D eigenvalue weighted by Gasteiger charge is -2.06. The van der Waals surface area contributed by atoms with E-state index in [4.69, 9.17) is 29.1 Å². The van der Waals surface area contributed by atoms with Crippen LogP contribution >= 0.6 is 23.8 Å². The number of H-pyrrole nitrogens is 1. The van der Waals surface area contributed by atoms with E-state index in [2.05, 4.69) is 11.1 Å². The average Bonchev–Trinajstić information content (AvgIpc) is 2.77. The van der Waals surface area contributed by atoms with Gasteiger partial charge in [0, 0.05) is 5.02 Å². The van der Waals surface area contributed by atoms with Crippen LogP contribution in [0.15, 0.2) is 42.5 Å². The van der Waals surface area contributed by atoms with Gasteiger partial charge < -0.3 is 9.55 Å². The summed E-state index contributed by atoms with van der Waals surface area (Å²) < 4.78 is 2.57. The first-order chi connectivity index (χ1) is 9.69. The third-order valence-corrected chi connectivity index (χ3v) is 3.88. The molecule has 1 aromatic heterocycles. The second kappa shape index (κ2) is 5.12. The molecule has 98 valence electrons. The van der Waals surface area contributed by atoms with Crippen molar-refractivity contribution in [1.29, 1.82) is 5.26 Å². The highest BCUT2D eigenvalue weighted by atomic mass is 35.5. The second-order valence-electron chi connectivity index (χ2n) is 4.45. The largest absolute Gasteiger partial charge is 0.331 e. The van der Waals surface area contributed by atoms with Gasteiger partial charge in [-0.3, -0.25) is 0 Å². The van der Waals surface area contributed by atoms with Crippen molar-refractivity contribution >= 4 is 34.9 Å². The lowest BCUT2D eigenvalue weighted by atomic mass is 10.2. The van der Waals surface area contributed by atoms with Gasteiger partial charge in [0.15, 0.2) is 4.77 Å². The van der Waals surface area contributed by atoms with Crippen molar-refractivity contribution in [3.05, 3.63) is 63.4 Å². The SMILES string of the molecule is N#Cc1ccc2[nH]c(=S)n(Cc3ccccc3Cl)c2c1. The predicted octanol–water partition coefficient (Wildman–Crippen LogP) is 4.27. The lowest BCUT2D eigenvalue weighted by molar-refractivity contribution is 0.810. The topological polar surface area (TPSA) is 44.5 Å². The zero-order chi connectivity index (χ0) is 14.1. The van der Waals surface area contributed by atoms with Gasteiger partial charge in [-0.05, 0) is 42.0 Å². The van der Waals surface area contributed by atoms with Gasteiger partial charge >= 0.3 is 0 Å². The molecule has 1 heterocycles. The number of hydrogen-bond donors (Lipinski definition) is 1. The highest BCUT2D eigenvalue weighted by Crippen LogP contribution is 2.21. The van der Waals surface area contributed by atoms with E-state index in [0.717, 1.165) is 16.6 Å². The van der Waals surface area contributed by atoms with Crippen LogP contribution in [0.3, 0.4) is 0 Å². The number of nitrogens with one attached hydrogen (secondary N) is 1. The predicted molar refractivity (Wildman–Crippen MR) is 82.4 cm³/mol. The van der Waals surface area contributed by atoms with Crippen LogP contribution in [-0.4, -0.2) is 9.55 Å². The molecule has 2 aromatic carbocycles. The van der Waals surface area contributed by atoms with Gasteiger partial charge in [-0.25, -0.2) is 0 Å². The Kier molecular flexibility index (Phi) is 3.31. The zero-order valence-corrected chi connectivity index (χ0v) is 12.0. The minimum absolute atomic E-state index is 0.577. The van der Waals surface area contributed by atoms with E-state index in [9.17, 15) is 0 Å². The highest BCUT2D eigenvalue weighted by Gasteiger charge is 2.07. The number of nitriles is 1. The molecule has 0 radical (unpaired) electrons. The molecule has 0 unspecified atom stereocenters. The molecule has 3 rings (SSSR count). The van der Waals surface area contributed by atoms with Gasteiger partial charge in [0.2, 0.25) is 0 Å². The standard InChI is InChI=1S/C15H10ClN3S/c16-12-4-2-1-3-11(12)9-19-14-7-10(8-17)5-6-13(14)18-15(19)20/h1-7H,9H2,(H,18,20). The summed E-state index contributed by atoms with van der Waals surface area (Å²) >= 11 is 11.5. The Balaban J connectivity index is 2.16. The Morgan fingerprint density at radius 3 is 2.80 bits per heavy atom. The first-order valence-corrected chi connectivity index (χ1v) is 6.84. The molecule has 3 aromatic rings. The fourth-order valence-corrected chi connectivity index (χ4v) is 2.64. The van der Waals surface area contributed by atoms with Gasteiger partial charge in [-0.15, -0.1) is 0 Å². The molecule has 0 saturated heterocycles. The van der Waals surface area contributed by atoms with Crippen molar-refractivity contribution in [2.45, 2.75) is 6.54 Å². The van der Waals surface area contributed by atoms with E-state index in [1.54, 1.807) is 6.07 Å². The molecular formula is C15H10ClN3S. The van der Waals surface area contributed by atoms with E-state index < -0.39 is 0 Å². The number of nitrogens with zero attached hydrogens (tertiary/aromatic N) is 2. The summed E-state index contributed by atoms with van der Waals surface area (Å²) in [6.07, 6.45) is 0. The highest BCUT2D eigenvalue weighted by molar-refractivity contribution is 7.71. The summed E-state index contributed by atoms with van der Waals surface area (Å²) in [4.78, 5) is 3.14. The zero-order valence-electron chi connectivity index (χ0n) is 10.4. The Labute approximate surface area is 126 Å². The van der Waals surface area contributed by atoms with Crippen molar-refractivity contribution in [1.82, 2.24) is 9.55 Å². The number of rotatable bonds is 2. The van der Waals surface area contributed by atoms with Gasteiger partial charge in [0.25, 0.3) is 0 Å². The molecule has 1 N–H and O–H groups in total. The second-order valence-corrected chi connectivity index (χ2v) is 5.25. The fraction of sp³-hybridized carbons (Fsp3) is 0.0667. The van der Waals surface area contributed by atoms with Crippen LogP contribution in [0.1, 0.15) is 11.1 Å². The Morgan fingerprint density at radius 2 is 2.05 bits per heavy atom. The summed E-state index contributed by atoms with van der Waals surface area (Å²) in [5.41, 5.74) is 3.43. The molecule has 20 heavy (non-hydrogen) atoms. The fourth-order valence-electron chi connectivity index (χ4n) is 2.18. The van der Waals surface area contributed by atoms with E-state index >= 15 is 0 Å². The number of aromatic nitrogens is 2. The van der Waals surface area contributed by atoms with E-state index in [0.29, 0.717) is 21.9 Å². The van der Waals surface area contributed by atoms with Crippen LogP contribution < -0.4 is 0 Å². The van der Waals surface area contributed by atoms with Gasteiger partial charge in [0.05, 0.1) is 29.2 Å². The Morgan fingerprint density at radius 1 is 1.25 bits per heavy atom. The minimum atomic E-state index is 0.577. The smallest absolute Gasteiger partial charge is 0.178 e. The number of imidazole rings is 1. The minimum Gasteiger partial charge on any atom is -0.331 e. The molecule has 0 atom stereocenters. The summed E-state index contributed by atoms with van der Waals surface area (Å²) in [6, 6.07) is 15.3. The maximum Gasteiger partial charge on any atom is 0.178 e. The molecule has 0 saturated carbocycles. The quantitative estimate of drug-likeness (QED) is 0.718. The number of aromatic amines is 1. The maximum atomic E-state index is 9.01. The summed E-state index contributed by atoms with van der Waals surface area (Å²) in [7, 11) is 0. The van der Waals surface area contributed by atoms with E-state index in [1.807, 2.05) is 41.0 Å². The van der Waals surface area contributed by atoms with Crippen LogP contribution in [0.2, 0.25) is 5.02 Å². The first-order valence-electron chi connectivity index (χ1n) is 6.05. The molecule has 0 aliphatic rings. The van der Waals surface area contributed by atoms with Crippen LogP contribution in [0.5, 0.6) is 0 Å². The first kappa shape index (κ1) is 12.9. The Bertz CT molecular complexity index is 886. The third-order valence-electron chi connectivity index (χ3n) is 3.19. The van der Waals surface area contributed by atoms with Crippen LogP contribution in [-0.2, 0) is 6.54 Å². The van der Waals surface area contributed by atoms with Crippen molar-refractivity contribution in [2.24, 2.45) is 0 Å². The molecule has 3 nitrogen and oxygen atoms in total. The number of hydrogen-bond acceptors (Lipinski definition) is 2. The van der Waals surface area contributed by atoms with Crippen molar-refractivity contribution in [3.8, 4) is 6.07 Å². The van der Waals surface area contributed by atoms with Gasteiger partial charge in [-0.1, -0.05) is 29.8 Å². The van der Waals surface area contributed by atoms with Crippen LogP contribution in [0, 0.1) is 16.1 Å². The van der Waals surface area contributed by atoms with Gasteiger partial charge in [-0.2, -0.15) is 5.26 Å². The molecule has 0 aliphatic carbocycles. The van der Waals surface area contributed by atoms with Gasteiger partial charge in [0.1, 0.15) is 0 Å². The third kappa shape index (κ3) is 2.22. The number of halogens is 1. The normalized spacial score (nSPS) is 10.6. The lowest BCUT2D eigenvalue weighted by Crippen LogP contribution is -2.00. The summed E-state index contributed by atoms with van der Waals surface area (Å²) in [6.45, 7) is 0.577. The van der Waals surface area contributed by atoms with E-state index in [-0.39, 0.29) is 0 Å². The molecule has 0 bridgehead atoms. The van der Waals surface area contributed by atoms with E-state index in [1.165, 1.54) is 0 Å². The monoisotopic (exact) mass is 299 g/mol. The molecule has 0 fully saturated rings. The summed E-state index contributed by atoms with van der Waals surface area (Å²) in [5, 5.41) is 9.72. The Hall–Kier alpha value is -2.09. The molecule has 5 heteroatoms. The summed E-state index contributed by atoms with van der Waals surface area (Å²) in [5.74, 6) is 0. The van der Waals surface area contributed by atoms with Crippen LogP contribution in [0.25, 0.3) is 11.0 Å². The van der Waals surface area contributed by atoms with Crippen molar-refractivity contribution in [2.75, 3.05) is 0 Å².